The standard InChI is InChI=1S/C37H54O2/c1-24-16-19-34(5)22-23-36(7)27(31(34)25(24)2)14-15-29-35(6)20-18-30(39-32(38)26-12-10-9-11-13-26)33(3,4)28(35)17-21-37(29,36)8/h9-14,24-25,28-31H,15-23H2,1-8H3/t24-,25-,28+,29+,30+,31+,34-,35+,36-,37+/m1/s1. The zero-order valence-electron chi connectivity index (χ0n) is 26.1. The highest BCUT2D eigenvalue weighted by Crippen LogP contribution is 2.75. The van der Waals surface area contributed by atoms with Gasteiger partial charge in [0.2, 0.25) is 0 Å². The number of carbonyl (C=O) groups is 1. The molecule has 5 aliphatic rings. The second kappa shape index (κ2) is 8.96. The SMILES string of the molecule is C[C@@H]1[C@H](C)CC[C@]2(C)CC[C@]3(C)C(=CC[C@H]4[C@@]5(C)CC[C@H](OC(=O)c6ccccc6)C(C)(C)[C@@H]5CC[C@@]43C)[C@H]12. The van der Waals surface area contributed by atoms with E-state index in [9.17, 15) is 4.79 Å². The van der Waals surface area contributed by atoms with E-state index in [4.69, 9.17) is 4.74 Å². The summed E-state index contributed by atoms with van der Waals surface area (Å²) >= 11 is 0. The number of ether oxygens (including phenoxy) is 1. The summed E-state index contributed by atoms with van der Waals surface area (Å²) in [6.07, 6.45) is 14.3. The Morgan fingerprint density at radius 3 is 2.26 bits per heavy atom. The second-order valence-corrected chi connectivity index (χ2v) is 16.4. The molecule has 2 nitrogen and oxygen atoms in total. The maximum absolute atomic E-state index is 13.1. The molecule has 4 fully saturated rings. The summed E-state index contributed by atoms with van der Waals surface area (Å²) in [5.41, 5.74) is 3.93. The van der Waals surface area contributed by atoms with Crippen LogP contribution in [0.3, 0.4) is 0 Å². The fourth-order valence-corrected chi connectivity index (χ4v) is 11.8. The van der Waals surface area contributed by atoms with Crippen LogP contribution in [0.2, 0.25) is 0 Å². The normalized spacial score (nSPS) is 48.5. The van der Waals surface area contributed by atoms with Crippen LogP contribution in [0.1, 0.15) is 124 Å². The third kappa shape index (κ3) is 3.74. The first-order valence-electron chi connectivity index (χ1n) is 16.2. The van der Waals surface area contributed by atoms with Crippen LogP contribution in [0.4, 0.5) is 0 Å². The number of benzene rings is 1. The molecule has 0 unspecified atom stereocenters. The van der Waals surface area contributed by atoms with Crippen molar-refractivity contribution in [3.63, 3.8) is 0 Å². The highest BCUT2D eigenvalue weighted by molar-refractivity contribution is 5.89. The smallest absolute Gasteiger partial charge is 0.338 e. The Hall–Kier alpha value is -1.57. The molecule has 0 bridgehead atoms. The average Bonchev–Trinajstić information content (AvgIpc) is 2.89. The molecule has 39 heavy (non-hydrogen) atoms. The predicted octanol–water partition coefficient (Wildman–Crippen LogP) is 9.89. The Morgan fingerprint density at radius 2 is 1.54 bits per heavy atom. The van der Waals surface area contributed by atoms with Crippen LogP contribution in [0.5, 0.6) is 0 Å². The number of allylic oxidation sites excluding steroid dienone is 2. The molecule has 214 valence electrons. The molecule has 10 atom stereocenters. The first-order chi connectivity index (χ1) is 18.3. The molecule has 0 radical (unpaired) electrons. The van der Waals surface area contributed by atoms with E-state index in [-0.39, 0.29) is 22.9 Å². The lowest BCUT2D eigenvalue weighted by Crippen LogP contribution is -2.65. The molecule has 0 aromatic heterocycles. The maximum Gasteiger partial charge on any atom is 0.338 e. The van der Waals surface area contributed by atoms with Crippen molar-refractivity contribution in [2.75, 3.05) is 0 Å². The largest absolute Gasteiger partial charge is 0.458 e. The Bertz CT molecular complexity index is 1150. The van der Waals surface area contributed by atoms with E-state index in [2.05, 4.69) is 61.5 Å². The van der Waals surface area contributed by atoms with Gasteiger partial charge in [-0.25, -0.2) is 4.79 Å². The van der Waals surface area contributed by atoms with E-state index in [1.165, 1.54) is 51.4 Å². The van der Waals surface area contributed by atoms with E-state index >= 15 is 0 Å². The van der Waals surface area contributed by atoms with Crippen molar-refractivity contribution in [3.05, 3.63) is 47.5 Å². The van der Waals surface area contributed by atoms with Crippen LogP contribution >= 0.6 is 0 Å². The summed E-state index contributed by atoms with van der Waals surface area (Å²) in [6, 6.07) is 9.57. The average molecular weight is 531 g/mol. The molecule has 0 N–H and O–H groups in total. The fraction of sp³-hybridized carbons (Fsp3) is 0.757. The summed E-state index contributed by atoms with van der Waals surface area (Å²) in [5.74, 6) is 3.49. The van der Waals surface area contributed by atoms with E-state index < -0.39 is 0 Å². The molecule has 4 saturated carbocycles. The molecule has 0 saturated heterocycles. The molecule has 0 heterocycles. The minimum absolute atomic E-state index is 0.0159. The van der Waals surface area contributed by atoms with E-state index in [0.29, 0.717) is 33.6 Å². The lowest BCUT2D eigenvalue weighted by Gasteiger charge is -2.71. The van der Waals surface area contributed by atoms with Crippen molar-refractivity contribution in [1.29, 1.82) is 0 Å². The molecule has 5 aliphatic carbocycles. The van der Waals surface area contributed by atoms with Gasteiger partial charge in [-0.2, -0.15) is 0 Å². The second-order valence-electron chi connectivity index (χ2n) is 16.4. The number of hydrogen-bond acceptors (Lipinski definition) is 2. The predicted molar refractivity (Wildman–Crippen MR) is 160 cm³/mol. The van der Waals surface area contributed by atoms with Gasteiger partial charge in [-0.15, -0.1) is 0 Å². The quantitative estimate of drug-likeness (QED) is 0.281. The van der Waals surface area contributed by atoms with Crippen molar-refractivity contribution in [2.24, 2.45) is 56.7 Å². The van der Waals surface area contributed by atoms with Crippen molar-refractivity contribution >= 4 is 5.97 Å². The first-order valence-corrected chi connectivity index (χ1v) is 16.2. The number of rotatable bonds is 2. The molecular formula is C37H54O2. The van der Waals surface area contributed by atoms with Gasteiger partial charge in [0.05, 0.1) is 5.56 Å². The number of hydrogen-bond donors (Lipinski definition) is 0. The van der Waals surface area contributed by atoms with Gasteiger partial charge in [-0.05, 0) is 121 Å². The number of carbonyl (C=O) groups excluding carboxylic acids is 1. The molecule has 0 spiro atoms. The number of fused-ring (bicyclic) bond motifs is 7. The first kappa shape index (κ1) is 27.6. The van der Waals surface area contributed by atoms with Crippen molar-refractivity contribution in [1.82, 2.24) is 0 Å². The fourth-order valence-electron chi connectivity index (χ4n) is 11.8. The molecule has 6 rings (SSSR count). The lowest BCUT2D eigenvalue weighted by atomic mass is 9.33. The Morgan fingerprint density at radius 1 is 0.821 bits per heavy atom. The van der Waals surface area contributed by atoms with Gasteiger partial charge in [-0.1, -0.05) is 85.2 Å². The van der Waals surface area contributed by atoms with Gasteiger partial charge in [0.15, 0.2) is 0 Å². The summed E-state index contributed by atoms with van der Waals surface area (Å²) < 4.78 is 6.29. The van der Waals surface area contributed by atoms with Crippen molar-refractivity contribution in [2.45, 2.75) is 119 Å². The van der Waals surface area contributed by atoms with Crippen LogP contribution in [-0.4, -0.2) is 12.1 Å². The molecule has 1 aromatic carbocycles. The lowest BCUT2D eigenvalue weighted by molar-refractivity contribution is -0.204. The zero-order valence-corrected chi connectivity index (χ0v) is 26.1. The Kier molecular flexibility index (Phi) is 6.34. The monoisotopic (exact) mass is 530 g/mol. The molecule has 0 aliphatic heterocycles. The van der Waals surface area contributed by atoms with Gasteiger partial charge in [0.1, 0.15) is 6.10 Å². The van der Waals surface area contributed by atoms with Gasteiger partial charge in [0, 0.05) is 5.41 Å². The molecule has 0 amide bonds. The molecule has 1 aromatic rings. The zero-order chi connectivity index (χ0) is 28.0. The maximum atomic E-state index is 13.1. The van der Waals surface area contributed by atoms with Gasteiger partial charge in [0.25, 0.3) is 0 Å². The summed E-state index contributed by atoms with van der Waals surface area (Å²) in [4.78, 5) is 13.1. The Balaban J connectivity index is 1.31. The minimum Gasteiger partial charge on any atom is -0.458 e. The van der Waals surface area contributed by atoms with Crippen LogP contribution in [0.15, 0.2) is 42.0 Å². The highest BCUT2D eigenvalue weighted by Gasteiger charge is 2.68. The third-order valence-corrected chi connectivity index (χ3v) is 14.6. The van der Waals surface area contributed by atoms with E-state index in [0.717, 1.165) is 24.2 Å². The summed E-state index contributed by atoms with van der Waals surface area (Å²) in [7, 11) is 0. The van der Waals surface area contributed by atoms with Crippen LogP contribution in [0.25, 0.3) is 0 Å². The molecule has 2 heteroatoms. The van der Waals surface area contributed by atoms with E-state index in [1.54, 1.807) is 0 Å². The van der Waals surface area contributed by atoms with Crippen molar-refractivity contribution < 1.29 is 9.53 Å². The third-order valence-electron chi connectivity index (χ3n) is 14.6. The minimum atomic E-state index is -0.156. The summed E-state index contributed by atoms with van der Waals surface area (Å²) in [5, 5.41) is 0. The highest BCUT2D eigenvalue weighted by atomic mass is 16.5. The molecular weight excluding hydrogens is 476 g/mol. The van der Waals surface area contributed by atoms with Crippen molar-refractivity contribution in [3.8, 4) is 0 Å². The van der Waals surface area contributed by atoms with Crippen LogP contribution in [0, 0.1) is 56.7 Å². The van der Waals surface area contributed by atoms with Crippen LogP contribution < -0.4 is 0 Å². The van der Waals surface area contributed by atoms with Gasteiger partial charge >= 0.3 is 5.97 Å². The van der Waals surface area contributed by atoms with Crippen LogP contribution in [-0.2, 0) is 4.74 Å². The topological polar surface area (TPSA) is 26.3 Å². The van der Waals surface area contributed by atoms with Gasteiger partial charge < -0.3 is 4.74 Å². The van der Waals surface area contributed by atoms with Gasteiger partial charge in [-0.3, -0.25) is 0 Å². The number of esters is 1. The Labute approximate surface area is 238 Å². The summed E-state index contributed by atoms with van der Waals surface area (Å²) in [6.45, 7) is 20.6. The van der Waals surface area contributed by atoms with E-state index in [1.807, 2.05) is 35.9 Å².